The number of halogens is 5. The van der Waals surface area contributed by atoms with Crippen LogP contribution in [0.5, 0.6) is 0 Å². The van der Waals surface area contributed by atoms with Gasteiger partial charge in [-0.15, -0.1) is 11.3 Å². The Labute approximate surface area is 199 Å². The van der Waals surface area contributed by atoms with Gasteiger partial charge in [0.2, 0.25) is 0 Å². The molecule has 0 aliphatic heterocycles. The summed E-state index contributed by atoms with van der Waals surface area (Å²) in [7, 11) is 1.81. The van der Waals surface area contributed by atoms with Gasteiger partial charge in [0.15, 0.2) is 11.6 Å². The van der Waals surface area contributed by atoms with Crippen molar-refractivity contribution in [3.05, 3.63) is 85.7 Å². The third-order valence-corrected chi connectivity index (χ3v) is 7.32. The van der Waals surface area contributed by atoms with Crippen LogP contribution in [-0.4, -0.2) is 16.1 Å². The number of benzene rings is 2. The first-order valence-electron chi connectivity index (χ1n) is 9.61. The maximum Gasteiger partial charge on any atom is 0.416 e. The van der Waals surface area contributed by atoms with E-state index in [-0.39, 0.29) is 26.7 Å². The zero-order valence-electron chi connectivity index (χ0n) is 16.8. The molecule has 3 nitrogen and oxygen atoms in total. The van der Waals surface area contributed by atoms with Gasteiger partial charge in [0.1, 0.15) is 0 Å². The molecule has 0 saturated heterocycles. The predicted molar refractivity (Wildman–Crippen MR) is 124 cm³/mol. The number of carbonyl (C=O) groups excluding carboxylic acids is 2. The fourth-order valence-corrected chi connectivity index (χ4v) is 5.30. The number of ketones is 2. The van der Waals surface area contributed by atoms with Crippen LogP contribution in [0.25, 0.3) is 27.6 Å². The summed E-state index contributed by atoms with van der Waals surface area (Å²) in [5.41, 5.74) is 2.04. The molecule has 2 heterocycles. The van der Waals surface area contributed by atoms with Crippen LogP contribution in [0.1, 0.15) is 31.2 Å². The van der Waals surface area contributed by atoms with E-state index in [0.29, 0.717) is 10.4 Å². The first-order valence-corrected chi connectivity index (χ1v) is 11.2. The number of Topliss-reactive ketones (excluding diaryl/α,β-unsaturated/α-hetero) is 2. The quantitative estimate of drug-likeness (QED) is 0.207. The summed E-state index contributed by atoms with van der Waals surface area (Å²) in [4.78, 5) is 26.2. The molecular formula is C24H12Cl2F3NO2S. The van der Waals surface area contributed by atoms with Crippen LogP contribution in [0.4, 0.5) is 13.2 Å². The molecule has 0 saturated carbocycles. The van der Waals surface area contributed by atoms with Crippen LogP contribution in [0.3, 0.4) is 0 Å². The number of thiophene rings is 1. The van der Waals surface area contributed by atoms with E-state index in [4.69, 9.17) is 23.2 Å². The van der Waals surface area contributed by atoms with Gasteiger partial charge in [0, 0.05) is 28.7 Å². The fraction of sp³-hybridized carbons (Fsp3) is 0.0833. The normalized spacial score (nSPS) is 13.8. The van der Waals surface area contributed by atoms with Crippen molar-refractivity contribution in [1.82, 2.24) is 4.57 Å². The van der Waals surface area contributed by atoms with E-state index in [1.165, 1.54) is 35.6 Å². The molecule has 0 amide bonds. The van der Waals surface area contributed by atoms with Crippen molar-refractivity contribution < 1.29 is 22.8 Å². The van der Waals surface area contributed by atoms with E-state index in [1.54, 1.807) is 6.08 Å². The van der Waals surface area contributed by atoms with Crippen molar-refractivity contribution in [1.29, 1.82) is 0 Å². The molecule has 1 aliphatic carbocycles. The Kier molecular flexibility index (Phi) is 5.04. The van der Waals surface area contributed by atoms with Crippen molar-refractivity contribution in [3.8, 4) is 11.3 Å². The smallest absolute Gasteiger partial charge is 0.343 e. The zero-order valence-corrected chi connectivity index (χ0v) is 19.1. The average molecular weight is 506 g/mol. The minimum absolute atomic E-state index is 0.0397. The lowest BCUT2D eigenvalue weighted by molar-refractivity contribution is -0.137. The van der Waals surface area contributed by atoms with Crippen molar-refractivity contribution in [2.75, 3.05) is 0 Å². The van der Waals surface area contributed by atoms with Crippen LogP contribution < -0.4 is 0 Å². The highest BCUT2D eigenvalue weighted by molar-refractivity contribution is 7.19. The molecular weight excluding hydrogens is 494 g/mol. The fourth-order valence-electron chi connectivity index (χ4n) is 3.90. The number of aryl methyl sites for hydroxylation is 1. The Morgan fingerprint density at radius 3 is 2.00 bits per heavy atom. The number of alkyl halides is 3. The maximum absolute atomic E-state index is 12.8. The minimum Gasteiger partial charge on any atom is -0.343 e. The molecule has 0 N–H and O–H groups in total. The number of hydrogen-bond donors (Lipinski definition) is 0. The molecule has 0 bridgehead atoms. The molecule has 1 aliphatic rings. The predicted octanol–water partition coefficient (Wildman–Crippen LogP) is 7.70. The highest BCUT2D eigenvalue weighted by Gasteiger charge is 2.34. The van der Waals surface area contributed by atoms with E-state index < -0.39 is 23.3 Å². The Hall–Kier alpha value is -2.87. The molecule has 33 heavy (non-hydrogen) atoms. The highest BCUT2D eigenvalue weighted by atomic mass is 35.5. The number of nitrogens with zero attached hydrogens (tertiary/aromatic N) is 1. The SMILES string of the molecule is Cn1c(-c2ccc(C(F)(F)F)cc2)cc2sc(C=C3C(=O)c4cc(Cl)c(Cl)cc4C3=O)cc21. The number of fused-ring (bicyclic) bond motifs is 2. The van der Waals surface area contributed by atoms with E-state index in [9.17, 15) is 22.8 Å². The van der Waals surface area contributed by atoms with E-state index >= 15 is 0 Å². The van der Waals surface area contributed by atoms with Crippen molar-refractivity contribution >= 4 is 62.4 Å². The van der Waals surface area contributed by atoms with E-state index in [1.807, 2.05) is 23.7 Å². The summed E-state index contributed by atoms with van der Waals surface area (Å²) in [6.45, 7) is 0. The van der Waals surface area contributed by atoms with Gasteiger partial charge < -0.3 is 4.57 Å². The lowest BCUT2D eigenvalue weighted by atomic mass is 10.1. The van der Waals surface area contributed by atoms with Crippen molar-refractivity contribution in [3.63, 3.8) is 0 Å². The largest absolute Gasteiger partial charge is 0.416 e. The number of rotatable bonds is 2. The third kappa shape index (κ3) is 3.60. The van der Waals surface area contributed by atoms with Gasteiger partial charge in [0.05, 0.1) is 31.4 Å². The van der Waals surface area contributed by atoms with Crippen LogP contribution in [-0.2, 0) is 13.2 Å². The number of carbonyl (C=O) groups is 2. The molecule has 0 fully saturated rings. The molecule has 0 atom stereocenters. The summed E-state index contributed by atoms with van der Waals surface area (Å²) in [6.07, 6.45) is -2.84. The van der Waals surface area contributed by atoms with Gasteiger partial charge in [-0.05, 0) is 48.0 Å². The topological polar surface area (TPSA) is 39.1 Å². The lowest BCUT2D eigenvalue weighted by Crippen LogP contribution is -2.04. The van der Waals surface area contributed by atoms with Gasteiger partial charge in [-0.3, -0.25) is 9.59 Å². The van der Waals surface area contributed by atoms with Crippen LogP contribution >= 0.6 is 34.5 Å². The Morgan fingerprint density at radius 1 is 0.909 bits per heavy atom. The summed E-state index contributed by atoms with van der Waals surface area (Å²) in [5.74, 6) is -0.812. The van der Waals surface area contributed by atoms with Gasteiger partial charge in [-0.25, -0.2) is 0 Å². The van der Waals surface area contributed by atoms with Crippen LogP contribution in [0.15, 0.2) is 54.1 Å². The molecule has 166 valence electrons. The number of allylic oxidation sites excluding steroid dienone is 1. The summed E-state index contributed by atoms with van der Waals surface area (Å²) in [5, 5.41) is 0.408. The number of aromatic nitrogens is 1. The lowest BCUT2D eigenvalue weighted by Gasteiger charge is -2.08. The molecule has 0 spiro atoms. The second-order valence-electron chi connectivity index (χ2n) is 7.59. The molecule has 0 unspecified atom stereocenters. The summed E-state index contributed by atoms with van der Waals surface area (Å²) < 4.78 is 41.3. The van der Waals surface area contributed by atoms with Crippen molar-refractivity contribution in [2.45, 2.75) is 6.18 Å². The number of hydrogen-bond acceptors (Lipinski definition) is 3. The second-order valence-corrected chi connectivity index (χ2v) is 9.52. The minimum atomic E-state index is -4.39. The van der Waals surface area contributed by atoms with E-state index in [2.05, 4.69) is 0 Å². The Balaban J connectivity index is 1.50. The Morgan fingerprint density at radius 2 is 1.48 bits per heavy atom. The van der Waals surface area contributed by atoms with Gasteiger partial charge in [0.25, 0.3) is 0 Å². The van der Waals surface area contributed by atoms with Crippen LogP contribution in [0.2, 0.25) is 10.0 Å². The van der Waals surface area contributed by atoms with Gasteiger partial charge >= 0.3 is 6.18 Å². The molecule has 9 heteroatoms. The molecule has 2 aromatic carbocycles. The summed E-state index contributed by atoms with van der Waals surface area (Å²) in [6, 6.07) is 11.5. The van der Waals surface area contributed by atoms with Crippen LogP contribution in [0, 0.1) is 0 Å². The molecule has 0 radical (unpaired) electrons. The van der Waals surface area contributed by atoms with Crippen molar-refractivity contribution in [2.24, 2.45) is 7.05 Å². The second kappa shape index (κ2) is 7.58. The first-order chi connectivity index (χ1) is 15.5. The molecule has 2 aromatic heterocycles. The summed E-state index contributed by atoms with van der Waals surface area (Å²) >= 11 is 13.4. The molecule has 5 rings (SSSR count). The average Bonchev–Trinajstić information content (AvgIpc) is 3.36. The van der Waals surface area contributed by atoms with Gasteiger partial charge in [-0.1, -0.05) is 35.3 Å². The highest BCUT2D eigenvalue weighted by Crippen LogP contribution is 2.38. The van der Waals surface area contributed by atoms with Gasteiger partial charge in [-0.2, -0.15) is 13.2 Å². The van der Waals surface area contributed by atoms with E-state index in [0.717, 1.165) is 28.0 Å². The third-order valence-electron chi connectivity index (χ3n) is 5.58. The molecule has 4 aromatic rings. The zero-order chi connectivity index (χ0) is 23.7. The standard InChI is InChI=1S/C24H12Cl2F3NO2S/c1-30-19(11-2-4-12(5-3-11)24(27,28)29)10-21-20(30)7-13(33-21)6-16-22(31)14-8-17(25)18(26)9-15(14)23(16)32/h2-10H,1H3. The first kappa shape index (κ1) is 21.9. The Bertz CT molecular complexity index is 1470. The maximum atomic E-state index is 12.8. The monoisotopic (exact) mass is 505 g/mol.